The van der Waals surface area contributed by atoms with Crippen LogP contribution in [0.2, 0.25) is 0 Å². The largest absolute Gasteiger partial charge is 0.352 e. The number of rotatable bonds is 5. The second kappa shape index (κ2) is 9.32. The van der Waals surface area contributed by atoms with Gasteiger partial charge in [-0.2, -0.15) is 0 Å². The van der Waals surface area contributed by atoms with Crippen LogP contribution in [0.25, 0.3) is 0 Å². The van der Waals surface area contributed by atoms with Crippen LogP contribution in [0, 0.1) is 15.3 Å². The van der Waals surface area contributed by atoms with Gasteiger partial charge in [-0.25, -0.2) is 4.39 Å². The Hall–Kier alpha value is -1.22. The minimum atomic E-state index is -0.398. The third kappa shape index (κ3) is 6.71. The number of carbonyl (C=O) groups is 2. The van der Waals surface area contributed by atoms with Crippen molar-refractivity contribution < 1.29 is 14.0 Å². The van der Waals surface area contributed by atoms with Crippen molar-refractivity contribution >= 4 is 34.4 Å². The molecule has 0 bridgehead atoms. The molecule has 5 nitrogen and oxygen atoms in total. The molecule has 1 aliphatic rings. The van der Waals surface area contributed by atoms with E-state index in [2.05, 4.69) is 10.2 Å². The summed E-state index contributed by atoms with van der Waals surface area (Å²) in [6.07, 6.45) is 1.88. The van der Waals surface area contributed by atoms with E-state index >= 15 is 0 Å². The molecule has 1 saturated heterocycles. The molecule has 0 unspecified atom stereocenters. The van der Waals surface area contributed by atoms with Crippen LogP contribution in [0.1, 0.15) is 44.0 Å². The van der Waals surface area contributed by atoms with Crippen molar-refractivity contribution in [2.45, 2.75) is 39.2 Å². The molecule has 0 atom stereocenters. The predicted octanol–water partition coefficient (Wildman–Crippen LogP) is 3.13. The van der Waals surface area contributed by atoms with E-state index in [4.69, 9.17) is 0 Å². The lowest BCUT2D eigenvalue weighted by molar-refractivity contribution is -0.135. The molecule has 27 heavy (non-hydrogen) atoms. The van der Waals surface area contributed by atoms with Crippen molar-refractivity contribution in [1.29, 1.82) is 0 Å². The number of nitrogens with zero attached hydrogens (tertiary/aromatic N) is 2. The summed E-state index contributed by atoms with van der Waals surface area (Å²) in [4.78, 5) is 28.6. The standard InChI is InChI=1S/C20H29FIN3O2/c1-20(2,3)24(4)18(26)13-25-7-5-14(6-8-25)12-23-19(27)15-9-16(21)11-17(22)10-15/h9-11,14H,5-8,12-13H2,1-4H3,(H,23,27). The Morgan fingerprint density at radius 3 is 2.44 bits per heavy atom. The Bertz CT molecular complexity index is 662. The van der Waals surface area contributed by atoms with Crippen molar-refractivity contribution in [2.24, 2.45) is 5.92 Å². The van der Waals surface area contributed by atoms with Gasteiger partial charge in [0, 0.05) is 28.3 Å². The Morgan fingerprint density at radius 2 is 1.89 bits per heavy atom. The first kappa shape index (κ1) is 22.1. The summed E-state index contributed by atoms with van der Waals surface area (Å²) >= 11 is 2.00. The summed E-state index contributed by atoms with van der Waals surface area (Å²) in [5, 5.41) is 2.91. The van der Waals surface area contributed by atoms with Crippen molar-refractivity contribution in [1.82, 2.24) is 15.1 Å². The third-order valence-electron chi connectivity index (χ3n) is 5.12. The Labute approximate surface area is 174 Å². The van der Waals surface area contributed by atoms with E-state index in [1.54, 1.807) is 11.0 Å². The molecule has 0 aromatic heterocycles. The fraction of sp³-hybridized carbons (Fsp3) is 0.600. The van der Waals surface area contributed by atoms with Gasteiger partial charge >= 0.3 is 0 Å². The van der Waals surface area contributed by atoms with Gasteiger partial charge in [0.1, 0.15) is 5.82 Å². The van der Waals surface area contributed by atoms with E-state index in [9.17, 15) is 14.0 Å². The van der Waals surface area contributed by atoms with Crippen molar-refractivity contribution in [3.8, 4) is 0 Å². The molecule has 1 aromatic rings. The zero-order valence-electron chi connectivity index (χ0n) is 16.5. The molecule has 0 radical (unpaired) electrons. The van der Waals surface area contributed by atoms with E-state index in [1.807, 2.05) is 50.4 Å². The number of carbonyl (C=O) groups excluding carboxylic acids is 2. The van der Waals surface area contributed by atoms with Crippen LogP contribution in [-0.4, -0.2) is 60.4 Å². The van der Waals surface area contributed by atoms with Crippen LogP contribution in [0.15, 0.2) is 18.2 Å². The van der Waals surface area contributed by atoms with Gasteiger partial charge in [-0.05, 0) is 93.4 Å². The van der Waals surface area contributed by atoms with Crippen molar-refractivity contribution in [2.75, 3.05) is 33.2 Å². The summed E-state index contributed by atoms with van der Waals surface area (Å²) in [6.45, 7) is 8.80. The first-order chi connectivity index (χ1) is 12.6. The van der Waals surface area contributed by atoms with Gasteiger partial charge in [0.05, 0.1) is 6.54 Å². The van der Waals surface area contributed by atoms with Crippen LogP contribution < -0.4 is 5.32 Å². The molecule has 1 aliphatic heterocycles. The molecular weight excluding hydrogens is 460 g/mol. The van der Waals surface area contributed by atoms with E-state index in [0.29, 0.717) is 28.1 Å². The molecule has 150 valence electrons. The summed E-state index contributed by atoms with van der Waals surface area (Å²) in [6, 6.07) is 4.34. The average molecular weight is 489 g/mol. The maximum absolute atomic E-state index is 13.4. The van der Waals surface area contributed by atoms with E-state index in [-0.39, 0.29) is 17.4 Å². The van der Waals surface area contributed by atoms with Gasteiger partial charge in [-0.1, -0.05) is 0 Å². The first-order valence-electron chi connectivity index (χ1n) is 9.29. The van der Waals surface area contributed by atoms with Crippen molar-refractivity contribution in [3.05, 3.63) is 33.1 Å². The molecular formula is C20H29FIN3O2. The normalized spacial score (nSPS) is 16.2. The minimum absolute atomic E-state index is 0.134. The second-order valence-corrected chi connectivity index (χ2v) is 9.46. The SMILES string of the molecule is CN(C(=O)CN1CCC(CNC(=O)c2cc(F)cc(I)c2)CC1)C(C)(C)C. The van der Waals surface area contributed by atoms with Gasteiger partial charge in [-0.15, -0.1) is 0 Å². The molecule has 2 amide bonds. The van der Waals surface area contributed by atoms with Crippen LogP contribution in [0.3, 0.4) is 0 Å². The van der Waals surface area contributed by atoms with Crippen LogP contribution in [0.4, 0.5) is 4.39 Å². The zero-order chi connectivity index (χ0) is 20.2. The lowest BCUT2D eigenvalue weighted by Gasteiger charge is -2.36. The third-order valence-corrected chi connectivity index (χ3v) is 5.75. The fourth-order valence-corrected chi connectivity index (χ4v) is 3.68. The fourth-order valence-electron chi connectivity index (χ4n) is 3.04. The van der Waals surface area contributed by atoms with Gasteiger partial charge < -0.3 is 10.2 Å². The maximum atomic E-state index is 13.4. The lowest BCUT2D eigenvalue weighted by atomic mass is 9.96. The van der Waals surface area contributed by atoms with Gasteiger partial charge in [0.15, 0.2) is 0 Å². The quantitative estimate of drug-likeness (QED) is 0.647. The molecule has 0 spiro atoms. The number of hydrogen-bond acceptors (Lipinski definition) is 3. The molecule has 0 aliphatic carbocycles. The number of piperidine rings is 1. The summed E-state index contributed by atoms with van der Waals surface area (Å²) in [7, 11) is 1.85. The van der Waals surface area contributed by atoms with Crippen LogP contribution in [-0.2, 0) is 4.79 Å². The van der Waals surface area contributed by atoms with Crippen LogP contribution in [0.5, 0.6) is 0 Å². The number of halogens is 2. The van der Waals surface area contributed by atoms with Gasteiger partial charge in [0.2, 0.25) is 5.91 Å². The summed E-state index contributed by atoms with van der Waals surface area (Å²) in [5.74, 6) is -0.120. The van der Waals surface area contributed by atoms with Gasteiger partial charge in [-0.3, -0.25) is 14.5 Å². The summed E-state index contributed by atoms with van der Waals surface area (Å²) < 4.78 is 14.1. The molecule has 1 heterocycles. The molecule has 1 N–H and O–H groups in total. The Kier molecular flexibility index (Phi) is 7.62. The highest BCUT2D eigenvalue weighted by Crippen LogP contribution is 2.18. The number of benzene rings is 1. The molecule has 1 fully saturated rings. The summed E-state index contributed by atoms with van der Waals surface area (Å²) in [5.41, 5.74) is 0.182. The lowest BCUT2D eigenvalue weighted by Crippen LogP contribution is -2.49. The van der Waals surface area contributed by atoms with E-state index < -0.39 is 5.82 Å². The molecule has 7 heteroatoms. The van der Waals surface area contributed by atoms with Crippen molar-refractivity contribution in [3.63, 3.8) is 0 Å². The number of likely N-dealkylation sites (tertiary alicyclic amines) is 1. The molecule has 2 rings (SSSR count). The number of amides is 2. The average Bonchev–Trinajstić information content (AvgIpc) is 2.58. The second-order valence-electron chi connectivity index (χ2n) is 8.21. The number of hydrogen-bond donors (Lipinski definition) is 1. The van der Waals surface area contributed by atoms with E-state index in [0.717, 1.165) is 25.9 Å². The predicted molar refractivity (Wildman–Crippen MR) is 113 cm³/mol. The first-order valence-corrected chi connectivity index (χ1v) is 10.4. The highest BCUT2D eigenvalue weighted by molar-refractivity contribution is 14.1. The number of nitrogens with one attached hydrogen (secondary N) is 1. The van der Waals surface area contributed by atoms with Crippen LogP contribution >= 0.6 is 22.6 Å². The highest BCUT2D eigenvalue weighted by atomic mass is 127. The smallest absolute Gasteiger partial charge is 0.251 e. The Balaban J connectivity index is 1.76. The topological polar surface area (TPSA) is 52.7 Å². The highest BCUT2D eigenvalue weighted by Gasteiger charge is 2.26. The maximum Gasteiger partial charge on any atom is 0.251 e. The molecule has 1 aromatic carbocycles. The van der Waals surface area contributed by atoms with Gasteiger partial charge in [0.25, 0.3) is 5.91 Å². The molecule has 0 saturated carbocycles. The minimum Gasteiger partial charge on any atom is -0.352 e. The Morgan fingerprint density at radius 1 is 1.26 bits per heavy atom. The monoisotopic (exact) mass is 489 g/mol. The van der Waals surface area contributed by atoms with E-state index in [1.165, 1.54) is 12.1 Å². The number of likely N-dealkylation sites (N-methyl/N-ethyl adjacent to an activating group) is 1. The zero-order valence-corrected chi connectivity index (χ0v) is 18.7.